The Morgan fingerprint density at radius 3 is 2.89 bits per heavy atom. The molecule has 1 aliphatic rings. The number of rotatable bonds is 5. The molecule has 1 amide bonds. The van der Waals surface area contributed by atoms with Gasteiger partial charge in [0, 0.05) is 18.1 Å². The van der Waals surface area contributed by atoms with Crippen LogP contribution in [-0.4, -0.2) is 27.3 Å². The molecule has 5 nitrogen and oxygen atoms in total. The summed E-state index contributed by atoms with van der Waals surface area (Å²) in [5, 5.41) is 5.88. The number of hydrogen-bond donors (Lipinski definition) is 1. The van der Waals surface area contributed by atoms with Gasteiger partial charge in [-0.1, -0.05) is 18.2 Å². The highest BCUT2D eigenvalue weighted by Crippen LogP contribution is 2.32. The van der Waals surface area contributed by atoms with Crippen molar-refractivity contribution in [2.24, 2.45) is 0 Å². The number of likely N-dealkylation sites (tertiary alicyclic amines) is 1. The van der Waals surface area contributed by atoms with Crippen molar-refractivity contribution in [2.75, 3.05) is 11.9 Å². The van der Waals surface area contributed by atoms with E-state index in [4.69, 9.17) is 4.98 Å². The van der Waals surface area contributed by atoms with Gasteiger partial charge in [0.1, 0.15) is 11.6 Å². The summed E-state index contributed by atoms with van der Waals surface area (Å²) < 4.78 is 13.1. The topological polar surface area (TPSA) is 58.1 Å². The van der Waals surface area contributed by atoms with E-state index in [1.54, 1.807) is 18.3 Å². The summed E-state index contributed by atoms with van der Waals surface area (Å²) in [6.07, 6.45) is 3.85. The second-order valence-electron chi connectivity index (χ2n) is 6.46. The van der Waals surface area contributed by atoms with E-state index in [0.717, 1.165) is 41.6 Å². The molecule has 4 rings (SSSR count). The maximum atomic E-state index is 13.1. The van der Waals surface area contributed by atoms with Crippen LogP contribution in [0.15, 0.2) is 54.0 Å². The van der Waals surface area contributed by atoms with Gasteiger partial charge in [-0.05, 0) is 42.7 Å². The largest absolute Gasteiger partial charge is 0.334 e. The van der Waals surface area contributed by atoms with Crippen molar-refractivity contribution in [1.29, 1.82) is 0 Å². The number of carbonyl (C=O) groups excluding carboxylic acids is 1. The zero-order valence-corrected chi connectivity index (χ0v) is 15.5. The molecule has 1 saturated heterocycles. The molecule has 1 fully saturated rings. The first-order valence-corrected chi connectivity index (χ1v) is 9.74. The van der Waals surface area contributed by atoms with Gasteiger partial charge < -0.3 is 10.2 Å². The molecule has 0 aliphatic carbocycles. The summed E-state index contributed by atoms with van der Waals surface area (Å²) in [5.74, 6) is 0.475. The van der Waals surface area contributed by atoms with Crippen LogP contribution in [0.5, 0.6) is 0 Å². The minimum absolute atomic E-state index is 0.0315. The van der Waals surface area contributed by atoms with Crippen molar-refractivity contribution in [3.8, 4) is 0 Å². The van der Waals surface area contributed by atoms with Gasteiger partial charge in [0.15, 0.2) is 5.13 Å². The molecule has 2 aromatic heterocycles. The van der Waals surface area contributed by atoms with E-state index in [9.17, 15) is 9.18 Å². The van der Waals surface area contributed by atoms with Gasteiger partial charge in [0.2, 0.25) is 5.91 Å². The van der Waals surface area contributed by atoms with Crippen molar-refractivity contribution < 1.29 is 9.18 Å². The lowest BCUT2D eigenvalue weighted by Crippen LogP contribution is -2.32. The molecule has 3 heterocycles. The van der Waals surface area contributed by atoms with Crippen LogP contribution in [0.3, 0.4) is 0 Å². The predicted molar refractivity (Wildman–Crippen MR) is 103 cm³/mol. The number of thiazole rings is 1. The van der Waals surface area contributed by atoms with Crippen molar-refractivity contribution in [1.82, 2.24) is 14.9 Å². The quantitative estimate of drug-likeness (QED) is 0.714. The minimum atomic E-state index is -0.293. The van der Waals surface area contributed by atoms with Gasteiger partial charge in [-0.15, -0.1) is 11.3 Å². The molecule has 27 heavy (non-hydrogen) atoms. The zero-order chi connectivity index (χ0) is 18.6. The average Bonchev–Trinajstić information content (AvgIpc) is 3.35. The fraction of sp³-hybridized carbons (Fsp3) is 0.250. The van der Waals surface area contributed by atoms with Gasteiger partial charge in [-0.25, -0.2) is 14.4 Å². The van der Waals surface area contributed by atoms with Gasteiger partial charge in [-0.2, -0.15) is 0 Å². The van der Waals surface area contributed by atoms with Crippen LogP contribution in [0, 0.1) is 5.82 Å². The van der Waals surface area contributed by atoms with Crippen molar-refractivity contribution in [3.05, 3.63) is 71.1 Å². The second-order valence-corrected chi connectivity index (χ2v) is 7.35. The van der Waals surface area contributed by atoms with Gasteiger partial charge in [-0.3, -0.25) is 4.79 Å². The Morgan fingerprint density at radius 1 is 1.26 bits per heavy atom. The molecule has 138 valence electrons. The standard InChI is InChI=1S/C20H19FN4OS/c21-15-8-6-14(7-9-15)13-19(26)25-11-2-4-17(25)16-3-1-5-18(23-16)24-20-22-10-12-27-20/h1,3,5-10,12,17H,2,4,11,13H2,(H,22,23,24). The Kier molecular flexibility index (Phi) is 5.11. The molecule has 3 aromatic rings. The van der Waals surface area contributed by atoms with Crippen LogP contribution in [0.2, 0.25) is 0 Å². The number of nitrogens with zero attached hydrogens (tertiary/aromatic N) is 3. The predicted octanol–water partition coefficient (Wildman–Crippen LogP) is 4.33. The van der Waals surface area contributed by atoms with Crippen molar-refractivity contribution in [2.45, 2.75) is 25.3 Å². The zero-order valence-electron chi connectivity index (χ0n) is 14.6. The van der Waals surface area contributed by atoms with Crippen molar-refractivity contribution in [3.63, 3.8) is 0 Å². The van der Waals surface area contributed by atoms with Crippen LogP contribution < -0.4 is 5.32 Å². The summed E-state index contributed by atoms with van der Waals surface area (Å²) in [5.41, 5.74) is 1.70. The first kappa shape index (κ1) is 17.6. The molecule has 1 N–H and O–H groups in total. The van der Waals surface area contributed by atoms with Crippen LogP contribution in [0.25, 0.3) is 0 Å². The lowest BCUT2D eigenvalue weighted by atomic mass is 10.1. The first-order chi connectivity index (χ1) is 13.2. The van der Waals surface area contributed by atoms with Crippen LogP contribution in [-0.2, 0) is 11.2 Å². The lowest BCUT2D eigenvalue weighted by Gasteiger charge is -2.25. The minimum Gasteiger partial charge on any atom is -0.334 e. The molecule has 0 spiro atoms. The number of amides is 1. The van der Waals surface area contributed by atoms with E-state index in [2.05, 4.69) is 10.3 Å². The highest BCUT2D eigenvalue weighted by atomic mass is 32.1. The third-order valence-corrected chi connectivity index (χ3v) is 5.31. The van der Waals surface area contributed by atoms with E-state index in [-0.39, 0.29) is 24.2 Å². The Morgan fingerprint density at radius 2 is 2.11 bits per heavy atom. The fourth-order valence-electron chi connectivity index (χ4n) is 3.35. The van der Waals surface area contributed by atoms with E-state index in [1.807, 2.05) is 28.5 Å². The SMILES string of the molecule is O=C(Cc1ccc(F)cc1)N1CCCC1c1cccc(Nc2nccs2)n1. The molecule has 7 heteroatoms. The summed E-state index contributed by atoms with van der Waals surface area (Å²) in [4.78, 5) is 23.6. The highest BCUT2D eigenvalue weighted by molar-refractivity contribution is 7.13. The van der Waals surface area contributed by atoms with Gasteiger partial charge >= 0.3 is 0 Å². The summed E-state index contributed by atoms with van der Waals surface area (Å²) >= 11 is 1.51. The van der Waals surface area contributed by atoms with E-state index in [1.165, 1.54) is 23.5 Å². The average molecular weight is 382 g/mol. The lowest BCUT2D eigenvalue weighted by molar-refractivity contribution is -0.131. The molecular formula is C20H19FN4OS. The smallest absolute Gasteiger partial charge is 0.227 e. The van der Waals surface area contributed by atoms with Crippen LogP contribution in [0.4, 0.5) is 15.3 Å². The van der Waals surface area contributed by atoms with Gasteiger partial charge in [0.25, 0.3) is 0 Å². The monoisotopic (exact) mass is 382 g/mol. The third-order valence-electron chi connectivity index (χ3n) is 4.62. The second kappa shape index (κ2) is 7.84. The molecule has 0 bridgehead atoms. The number of nitrogens with one attached hydrogen (secondary N) is 1. The molecule has 1 aliphatic heterocycles. The number of pyridine rings is 1. The third kappa shape index (κ3) is 4.14. The Bertz CT molecular complexity index is 914. The van der Waals surface area contributed by atoms with Gasteiger partial charge in [0.05, 0.1) is 18.2 Å². The molecule has 1 unspecified atom stereocenters. The Hall–Kier alpha value is -2.80. The number of hydrogen-bond acceptors (Lipinski definition) is 5. The summed E-state index contributed by atoms with van der Waals surface area (Å²) in [7, 11) is 0. The van der Waals surface area contributed by atoms with Crippen LogP contribution >= 0.6 is 11.3 Å². The number of aromatic nitrogens is 2. The maximum absolute atomic E-state index is 13.1. The molecule has 0 radical (unpaired) electrons. The normalized spacial score (nSPS) is 16.5. The molecular weight excluding hydrogens is 363 g/mol. The molecule has 1 atom stereocenters. The van der Waals surface area contributed by atoms with E-state index < -0.39 is 0 Å². The number of carbonyl (C=O) groups is 1. The maximum Gasteiger partial charge on any atom is 0.227 e. The molecule has 0 saturated carbocycles. The summed E-state index contributed by atoms with van der Waals surface area (Å²) in [6, 6.07) is 11.9. The number of benzene rings is 1. The summed E-state index contributed by atoms with van der Waals surface area (Å²) in [6.45, 7) is 0.719. The first-order valence-electron chi connectivity index (χ1n) is 8.86. The van der Waals surface area contributed by atoms with E-state index >= 15 is 0 Å². The van der Waals surface area contributed by atoms with Crippen molar-refractivity contribution >= 4 is 28.2 Å². The molecule has 1 aromatic carbocycles. The fourth-order valence-corrected chi connectivity index (χ4v) is 3.89. The van der Waals surface area contributed by atoms with Crippen LogP contribution in [0.1, 0.15) is 30.1 Å². The number of halogens is 1. The Labute approximate surface area is 160 Å². The highest BCUT2D eigenvalue weighted by Gasteiger charge is 2.30. The Balaban J connectivity index is 1.49. The number of anilines is 2. The van der Waals surface area contributed by atoms with E-state index in [0.29, 0.717) is 0 Å².